The monoisotopic (exact) mass is 316 g/mol. The molecular weight excluding hydrogens is 303 g/mol. The molecule has 0 spiro atoms. The van der Waals surface area contributed by atoms with Crippen LogP contribution in [0.25, 0.3) is 11.1 Å². The Bertz CT molecular complexity index is 773. The summed E-state index contributed by atoms with van der Waals surface area (Å²) in [5.74, 6) is 0.326. The van der Waals surface area contributed by atoms with Gasteiger partial charge in [-0.3, -0.25) is 0 Å². The summed E-state index contributed by atoms with van der Waals surface area (Å²) < 4.78 is 19.6. The van der Waals surface area contributed by atoms with Crippen LogP contribution in [0.1, 0.15) is 30.1 Å². The predicted molar refractivity (Wildman–Crippen MR) is 83.2 cm³/mol. The van der Waals surface area contributed by atoms with Crippen LogP contribution in [0.2, 0.25) is 0 Å². The van der Waals surface area contributed by atoms with E-state index >= 15 is 0 Å². The minimum Gasteiger partial charge on any atom is -0.339 e. The van der Waals surface area contributed by atoms with Gasteiger partial charge in [0.1, 0.15) is 5.82 Å². The van der Waals surface area contributed by atoms with E-state index in [4.69, 9.17) is 16.1 Å². The minimum atomic E-state index is -0.325. The molecule has 0 N–H and O–H groups in total. The maximum Gasteiger partial charge on any atom is 0.234 e. The lowest BCUT2D eigenvalue weighted by atomic mass is 9.96. The van der Waals surface area contributed by atoms with E-state index in [1.807, 2.05) is 43.3 Å². The van der Waals surface area contributed by atoms with Crippen LogP contribution in [0, 0.1) is 5.82 Å². The van der Waals surface area contributed by atoms with Crippen molar-refractivity contribution in [3.63, 3.8) is 0 Å². The van der Waals surface area contributed by atoms with Gasteiger partial charge in [0, 0.05) is 5.56 Å². The van der Waals surface area contributed by atoms with Crippen molar-refractivity contribution >= 4 is 11.6 Å². The van der Waals surface area contributed by atoms with Gasteiger partial charge in [0.15, 0.2) is 5.82 Å². The smallest absolute Gasteiger partial charge is 0.234 e. The van der Waals surface area contributed by atoms with Crippen LogP contribution in [0.5, 0.6) is 0 Å². The number of benzene rings is 2. The number of hydrogen-bond donors (Lipinski definition) is 0. The molecule has 1 heterocycles. The Morgan fingerprint density at radius 1 is 1.14 bits per heavy atom. The number of rotatable bonds is 4. The molecule has 1 aromatic heterocycles. The van der Waals surface area contributed by atoms with Crippen LogP contribution in [-0.2, 0) is 5.88 Å². The highest BCUT2D eigenvalue weighted by molar-refractivity contribution is 6.16. The van der Waals surface area contributed by atoms with E-state index in [9.17, 15) is 4.39 Å². The highest BCUT2D eigenvalue weighted by atomic mass is 35.5. The number of alkyl halides is 1. The second kappa shape index (κ2) is 6.28. The SMILES string of the molecule is CC(c1nc(CCl)no1)c1ccc(-c2ccccc2)cc1F. The van der Waals surface area contributed by atoms with Crippen LogP contribution < -0.4 is 0 Å². The Labute approximate surface area is 132 Å². The number of nitrogens with zero attached hydrogens (tertiary/aromatic N) is 2. The maximum atomic E-state index is 14.4. The van der Waals surface area contributed by atoms with E-state index in [1.165, 1.54) is 6.07 Å². The zero-order valence-electron chi connectivity index (χ0n) is 12.0. The molecule has 0 aliphatic carbocycles. The molecule has 2 aromatic carbocycles. The fourth-order valence-electron chi connectivity index (χ4n) is 2.32. The van der Waals surface area contributed by atoms with Crippen LogP contribution in [0.4, 0.5) is 4.39 Å². The van der Waals surface area contributed by atoms with Crippen molar-refractivity contribution in [3.8, 4) is 11.1 Å². The fourth-order valence-corrected chi connectivity index (χ4v) is 2.43. The van der Waals surface area contributed by atoms with E-state index in [0.717, 1.165) is 11.1 Å². The third kappa shape index (κ3) is 2.88. The summed E-state index contributed by atoms with van der Waals surface area (Å²) in [5.41, 5.74) is 2.33. The quantitative estimate of drug-likeness (QED) is 0.651. The largest absolute Gasteiger partial charge is 0.339 e. The lowest BCUT2D eigenvalue weighted by Gasteiger charge is -2.10. The lowest BCUT2D eigenvalue weighted by molar-refractivity contribution is 0.364. The first kappa shape index (κ1) is 14.7. The molecular formula is C17H14ClFN2O. The van der Waals surface area contributed by atoms with Gasteiger partial charge in [-0.2, -0.15) is 4.98 Å². The van der Waals surface area contributed by atoms with Gasteiger partial charge in [0.05, 0.1) is 11.8 Å². The van der Waals surface area contributed by atoms with E-state index in [1.54, 1.807) is 6.07 Å². The molecule has 0 aliphatic heterocycles. The predicted octanol–water partition coefficient (Wildman–Crippen LogP) is 4.77. The molecule has 22 heavy (non-hydrogen) atoms. The molecule has 0 saturated carbocycles. The molecule has 3 rings (SSSR count). The molecule has 0 radical (unpaired) electrons. The first-order chi connectivity index (χ1) is 10.7. The summed E-state index contributed by atoms with van der Waals surface area (Å²) in [6.45, 7) is 1.83. The topological polar surface area (TPSA) is 38.9 Å². The lowest BCUT2D eigenvalue weighted by Crippen LogP contribution is -2.00. The average Bonchev–Trinajstić information content (AvgIpc) is 3.04. The van der Waals surface area contributed by atoms with Gasteiger partial charge < -0.3 is 4.52 Å². The Hall–Kier alpha value is -2.20. The van der Waals surface area contributed by atoms with Crippen molar-refractivity contribution in [2.45, 2.75) is 18.7 Å². The van der Waals surface area contributed by atoms with Crippen LogP contribution >= 0.6 is 11.6 Å². The standard InChI is InChI=1S/C17H14ClFN2O/c1-11(17-20-16(10-18)21-22-17)14-8-7-13(9-15(14)19)12-5-3-2-4-6-12/h2-9,11H,10H2,1H3. The molecule has 1 atom stereocenters. The Morgan fingerprint density at radius 2 is 1.91 bits per heavy atom. The second-order valence-electron chi connectivity index (χ2n) is 5.01. The number of aromatic nitrogens is 2. The van der Waals surface area contributed by atoms with Gasteiger partial charge in [0.2, 0.25) is 5.89 Å². The van der Waals surface area contributed by atoms with Gasteiger partial charge in [-0.1, -0.05) is 47.6 Å². The minimum absolute atomic E-state index is 0.172. The molecule has 5 heteroatoms. The first-order valence-electron chi connectivity index (χ1n) is 6.92. The van der Waals surface area contributed by atoms with Crippen molar-refractivity contribution in [2.24, 2.45) is 0 Å². The van der Waals surface area contributed by atoms with E-state index in [-0.39, 0.29) is 17.6 Å². The summed E-state index contributed by atoms with van der Waals surface area (Å²) in [7, 11) is 0. The van der Waals surface area contributed by atoms with Gasteiger partial charge >= 0.3 is 0 Å². The molecule has 0 bridgehead atoms. The molecule has 112 valence electrons. The van der Waals surface area contributed by atoms with Crippen molar-refractivity contribution in [1.29, 1.82) is 0 Å². The summed E-state index contributed by atoms with van der Waals surface area (Å²) in [5, 5.41) is 3.74. The summed E-state index contributed by atoms with van der Waals surface area (Å²) in [4.78, 5) is 4.15. The van der Waals surface area contributed by atoms with Gasteiger partial charge in [-0.15, -0.1) is 11.6 Å². The van der Waals surface area contributed by atoms with Crippen LogP contribution in [0.15, 0.2) is 53.1 Å². The van der Waals surface area contributed by atoms with Gasteiger partial charge in [0.25, 0.3) is 0 Å². The molecule has 0 aliphatic rings. The zero-order chi connectivity index (χ0) is 15.5. The Kier molecular flexibility index (Phi) is 4.20. The first-order valence-corrected chi connectivity index (χ1v) is 7.46. The molecule has 0 saturated heterocycles. The molecule has 0 fully saturated rings. The average molecular weight is 317 g/mol. The molecule has 3 nitrogen and oxygen atoms in total. The van der Waals surface area contributed by atoms with E-state index in [0.29, 0.717) is 17.3 Å². The normalized spacial score (nSPS) is 12.3. The number of hydrogen-bond acceptors (Lipinski definition) is 3. The summed E-state index contributed by atoms with van der Waals surface area (Å²) in [6, 6.07) is 14.9. The summed E-state index contributed by atoms with van der Waals surface area (Å²) in [6.07, 6.45) is 0. The van der Waals surface area contributed by atoms with Crippen LogP contribution in [-0.4, -0.2) is 10.1 Å². The summed E-state index contributed by atoms with van der Waals surface area (Å²) >= 11 is 5.65. The third-order valence-corrected chi connectivity index (χ3v) is 3.79. The van der Waals surface area contributed by atoms with Crippen LogP contribution in [0.3, 0.4) is 0 Å². The second-order valence-corrected chi connectivity index (χ2v) is 5.27. The van der Waals surface area contributed by atoms with Crippen molar-refractivity contribution < 1.29 is 8.91 Å². The van der Waals surface area contributed by atoms with Gasteiger partial charge in [-0.25, -0.2) is 4.39 Å². The Morgan fingerprint density at radius 3 is 2.55 bits per heavy atom. The zero-order valence-corrected chi connectivity index (χ0v) is 12.7. The molecule has 1 unspecified atom stereocenters. The fraction of sp³-hybridized carbons (Fsp3) is 0.176. The van der Waals surface area contributed by atoms with Crippen molar-refractivity contribution in [2.75, 3.05) is 0 Å². The Balaban J connectivity index is 1.92. The molecule has 0 amide bonds. The van der Waals surface area contributed by atoms with Gasteiger partial charge in [-0.05, 0) is 24.1 Å². The highest BCUT2D eigenvalue weighted by Crippen LogP contribution is 2.29. The maximum absolute atomic E-state index is 14.4. The van der Waals surface area contributed by atoms with E-state index < -0.39 is 0 Å². The third-order valence-electron chi connectivity index (χ3n) is 3.55. The highest BCUT2D eigenvalue weighted by Gasteiger charge is 2.19. The number of halogens is 2. The van der Waals surface area contributed by atoms with E-state index in [2.05, 4.69) is 10.1 Å². The van der Waals surface area contributed by atoms with Crippen molar-refractivity contribution in [3.05, 3.63) is 71.6 Å². The van der Waals surface area contributed by atoms with Crippen molar-refractivity contribution in [1.82, 2.24) is 10.1 Å². The molecule has 3 aromatic rings.